The molecule has 2 aromatic carbocycles. The summed E-state index contributed by atoms with van der Waals surface area (Å²) in [6, 6.07) is 14.2. The van der Waals surface area contributed by atoms with Gasteiger partial charge in [0.2, 0.25) is 0 Å². The molecule has 20 heavy (non-hydrogen) atoms. The van der Waals surface area contributed by atoms with Crippen LogP contribution in [0.15, 0.2) is 48.7 Å². The molecule has 0 atom stereocenters. The first-order chi connectivity index (χ1) is 9.78. The second-order valence-electron chi connectivity index (χ2n) is 4.96. The van der Waals surface area contributed by atoms with Gasteiger partial charge in [-0.1, -0.05) is 29.8 Å². The number of H-pyrrole nitrogens is 1. The summed E-state index contributed by atoms with van der Waals surface area (Å²) in [5.41, 5.74) is 10.4. The minimum absolute atomic E-state index is 0.534. The highest BCUT2D eigenvalue weighted by Crippen LogP contribution is 2.24. The number of rotatable bonds is 4. The first-order valence-corrected chi connectivity index (χ1v) is 6.75. The molecule has 0 fully saturated rings. The van der Waals surface area contributed by atoms with Gasteiger partial charge >= 0.3 is 0 Å². The minimum Gasteiger partial charge on any atom is -0.489 e. The molecule has 0 radical (unpaired) electrons. The number of nitrogens with two attached hydrogens (primary N) is 1. The van der Waals surface area contributed by atoms with Crippen LogP contribution in [0.5, 0.6) is 5.75 Å². The molecule has 102 valence electrons. The van der Waals surface area contributed by atoms with Crippen molar-refractivity contribution in [1.82, 2.24) is 4.98 Å². The van der Waals surface area contributed by atoms with Crippen LogP contribution in [0.3, 0.4) is 0 Å². The number of benzene rings is 2. The molecule has 0 amide bonds. The molecular weight excluding hydrogens is 248 g/mol. The smallest absolute Gasteiger partial charge is 0.119 e. The van der Waals surface area contributed by atoms with Gasteiger partial charge in [-0.3, -0.25) is 0 Å². The predicted molar refractivity (Wildman–Crippen MR) is 81.7 cm³/mol. The van der Waals surface area contributed by atoms with Crippen LogP contribution in [0.25, 0.3) is 10.9 Å². The molecule has 3 rings (SSSR count). The van der Waals surface area contributed by atoms with E-state index < -0.39 is 0 Å². The summed E-state index contributed by atoms with van der Waals surface area (Å²) in [5, 5.41) is 1.18. The largest absolute Gasteiger partial charge is 0.489 e. The fraction of sp³-hybridized carbons (Fsp3) is 0.176. The first kappa shape index (κ1) is 12.8. The lowest BCUT2D eigenvalue weighted by Crippen LogP contribution is -1.99. The molecule has 0 saturated heterocycles. The molecule has 3 aromatic rings. The fourth-order valence-corrected chi connectivity index (χ4v) is 2.42. The topological polar surface area (TPSA) is 51.0 Å². The maximum atomic E-state index is 5.85. The predicted octanol–water partition coefficient (Wildman–Crippen LogP) is 3.51. The molecule has 0 aliphatic carbocycles. The van der Waals surface area contributed by atoms with E-state index >= 15 is 0 Å². The standard InChI is InChI=1S/C17H18N2O/c1-12-5-7-15(8-6-12)20-11-14-10-19-16-4-2-3-13(9-18)17(14)16/h2-8,10,19H,9,11,18H2,1H3. The van der Waals surface area contributed by atoms with Crippen molar-refractivity contribution in [3.63, 3.8) is 0 Å². The lowest BCUT2D eigenvalue weighted by Gasteiger charge is -2.07. The number of hydrogen-bond acceptors (Lipinski definition) is 2. The van der Waals surface area contributed by atoms with Crippen molar-refractivity contribution in [2.45, 2.75) is 20.1 Å². The van der Waals surface area contributed by atoms with Gasteiger partial charge in [-0.2, -0.15) is 0 Å². The van der Waals surface area contributed by atoms with Crippen molar-refractivity contribution in [2.24, 2.45) is 5.73 Å². The molecule has 0 unspecified atom stereocenters. The molecule has 1 aromatic heterocycles. The Morgan fingerprint density at radius 1 is 1.05 bits per heavy atom. The molecule has 0 aliphatic rings. The van der Waals surface area contributed by atoms with E-state index in [9.17, 15) is 0 Å². The van der Waals surface area contributed by atoms with Gasteiger partial charge in [-0.15, -0.1) is 0 Å². The van der Waals surface area contributed by atoms with E-state index in [1.165, 1.54) is 10.9 Å². The Kier molecular flexibility index (Phi) is 3.44. The fourth-order valence-electron chi connectivity index (χ4n) is 2.42. The molecule has 0 aliphatic heterocycles. The van der Waals surface area contributed by atoms with Crippen LogP contribution in [0.2, 0.25) is 0 Å². The maximum absolute atomic E-state index is 5.85. The lowest BCUT2D eigenvalue weighted by molar-refractivity contribution is 0.307. The quantitative estimate of drug-likeness (QED) is 0.759. The van der Waals surface area contributed by atoms with Crippen LogP contribution in [-0.4, -0.2) is 4.98 Å². The van der Waals surface area contributed by atoms with Crippen molar-refractivity contribution >= 4 is 10.9 Å². The number of fused-ring (bicyclic) bond motifs is 1. The third kappa shape index (κ3) is 2.40. The molecule has 0 spiro atoms. The summed E-state index contributed by atoms with van der Waals surface area (Å²) in [7, 11) is 0. The zero-order valence-electron chi connectivity index (χ0n) is 11.5. The van der Waals surface area contributed by atoms with Crippen molar-refractivity contribution in [1.29, 1.82) is 0 Å². The average Bonchev–Trinajstić information content (AvgIpc) is 2.90. The van der Waals surface area contributed by atoms with Gasteiger partial charge in [0.25, 0.3) is 0 Å². The van der Waals surface area contributed by atoms with Crippen molar-refractivity contribution in [2.75, 3.05) is 0 Å². The van der Waals surface area contributed by atoms with Gasteiger partial charge < -0.3 is 15.5 Å². The Morgan fingerprint density at radius 3 is 2.60 bits per heavy atom. The second kappa shape index (κ2) is 5.39. The first-order valence-electron chi connectivity index (χ1n) is 6.75. The van der Waals surface area contributed by atoms with Crippen LogP contribution < -0.4 is 10.5 Å². The van der Waals surface area contributed by atoms with Gasteiger partial charge in [0.1, 0.15) is 12.4 Å². The summed E-state index contributed by atoms with van der Waals surface area (Å²) in [5.74, 6) is 0.884. The molecule has 0 bridgehead atoms. The van der Waals surface area contributed by atoms with Gasteiger partial charge in [0, 0.05) is 29.2 Å². The Hall–Kier alpha value is -2.26. The summed E-state index contributed by atoms with van der Waals surface area (Å²) in [4.78, 5) is 3.27. The third-order valence-electron chi connectivity index (χ3n) is 3.51. The van der Waals surface area contributed by atoms with Gasteiger partial charge in [-0.25, -0.2) is 0 Å². The summed E-state index contributed by atoms with van der Waals surface area (Å²) in [6.07, 6.45) is 2.00. The van der Waals surface area contributed by atoms with Crippen molar-refractivity contribution in [3.8, 4) is 5.75 Å². The number of hydrogen-bond donors (Lipinski definition) is 2. The Balaban J connectivity index is 1.86. The van der Waals surface area contributed by atoms with Crippen LogP contribution in [0.1, 0.15) is 16.7 Å². The zero-order valence-corrected chi connectivity index (χ0v) is 11.5. The second-order valence-corrected chi connectivity index (χ2v) is 4.96. The summed E-state index contributed by atoms with van der Waals surface area (Å²) >= 11 is 0. The van der Waals surface area contributed by atoms with E-state index in [1.807, 2.05) is 24.4 Å². The summed E-state index contributed by atoms with van der Waals surface area (Å²) in [6.45, 7) is 3.14. The Morgan fingerprint density at radius 2 is 1.85 bits per heavy atom. The van der Waals surface area contributed by atoms with E-state index in [0.29, 0.717) is 13.2 Å². The van der Waals surface area contributed by atoms with E-state index in [2.05, 4.69) is 36.2 Å². The number of aromatic amines is 1. The molecule has 3 N–H and O–H groups in total. The van der Waals surface area contributed by atoms with Gasteiger partial charge in [0.05, 0.1) is 0 Å². The normalized spacial score (nSPS) is 10.9. The molecule has 1 heterocycles. The van der Waals surface area contributed by atoms with Crippen molar-refractivity contribution in [3.05, 3.63) is 65.4 Å². The number of nitrogens with one attached hydrogen (secondary N) is 1. The highest BCUT2D eigenvalue weighted by atomic mass is 16.5. The van der Waals surface area contributed by atoms with Crippen LogP contribution in [0, 0.1) is 6.92 Å². The van der Waals surface area contributed by atoms with E-state index in [1.54, 1.807) is 0 Å². The van der Waals surface area contributed by atoms with Crippen molar-refractivity contribution < 1.29 is 4.74 Å². The third-order valence-corrected chi connectivity index (χ3v) is 3.51. The zero-order chi connectivity index (χ0) is 13.9. The molecule has 0 saturated carbocycles. The van der Waals surface area contributed by atoms with E-state index in [0.717, 1.165) is 22.4 Å². The number of aromatic nitrogens is 1. The minimum atomic E-state index is 0.534. The average molecular weight is 266 g/mol. The molecule has 3 nitrogen and oxygen atoms in total. The van der Waals surface area contributed by atoms with Crippen LogP contribution >= 0.6 is 0 Å². The SMILES string of the molecule is Cc1ccc(OCc2c[nH]c3cccc(CN)c23)cc1. The highest BCUT2D eigenvalue weighted by molar-refractivity contribution is 5.86. The maximum Gasteiger partial charge on any atom is 0.119 e. The Bertz CT molecular complexity index is 713. The summed E-state index contributed by atoms with van der Waals surface area (Å²) < 4.78 is 5.85. The monoisotopic (exact) mass is 266 g/mol. The van der Waals surface area contributed by atoms with Crippen LogP contribution in [0.4, 0.5) is 0 Å². The van der Waals surface area contributed by atoms with E-state index in [-0.39, 0.29) is 0 Å². The number of aryl methyl sites for hydroxylation is 1. The van der Waals surface area contributed by atoms with Crippen LogP contribution in [-0.2, 0) is 13.2 Å². The Labute approximate surface area is 118 Å². The molecule has 3 heteroatoms. The molecular formula is C17H18N2O. The van der Waals surface area contributed by atoms with E-state index in [4.69, 9.17) is 10.5 Å². The number of ether oxygens (including phenoxy) is 1. The van der Waals surface area contributed by atoms with Gasteiger partial charge in [0.15, 0.2) is 0 Å². The lowest BCUT2D eigenvalue weighted by atomic mass is 10.1. The highest BCUT2D eigenvalue weighted by Gasteiger charge is 2.08. The van der Waals surface area contributed by atoms with Gasteiger partial charge in [-0.05, 0) is 30.7 Å².